The van der Waals surface area contributed by atoms with Crippen molar-refractivity contribution in [3.8, 4) is 0 Å². The molecule has 21 heavy (non-hydrogen) atoms. The van der Waals surface area contributed by atoms with Gasteiger partial charge in [-0.05, 0) is 31.7 Å². The molecule has 1 atom stereocenters. The molecule has 1 amide bonds. The lowest BCUT2D eigenvalue weighted by Gasteiger charge is -2.27. The molecule has 0 aromatic carbocycles. The first-order valence-corrected chi connectivity index (χ1v) is 7.77. The largest absolute Gasteiger partial charge is 0.397 e. The molecule has 2 aromatic heterocycles. The van der Waals surface area contributed by atoms with E-state index in [4.69, 9.17) is 5.73 Å². The molecule has 0 radical (unpaired) electrons. The average Bonchev–Trinajstić information content (AvgIpc) is 2.71. The van der Waals surface area contributed by atoms with E-state index in [0.717, 1.165) is 16.6 Å². The number of carbonyl (C=O) groups is 1. The van der Waals surface area contributed by atoms with Crippen LogP contribution in [0.15, 0.2) is 0 Å². The van der Waals surface area contributed by atoms with Crippen molar-refractivity contribution in [2.45, 2.75) is 47.6 Å². The van der Waals surface area contributed by atoms with Crippen molar-refractivity contribution in [3.63, 3.8) is 0 Å². The molecular weight excluding hydrogens is 284 g/mol. The molecule has 2 aromatic rings. The Kier molecular flexibility index (Phi) is 3.93. The minimum atomic E-state index is -0.144. The number of nitrogen functional groups attached to an aromatic ring is 1. The van der Waals surface area contributed by atoms with Gasteiger partial charge in [0.25, 0.3) is 5.91 Å². The predicted octanol–water partition coefficient (Wildman–Crippen LogP) is 3.05. The SMILES string of the molecule is Cc1nnc2sc(C(=O)NC(C)C(C)(C)C)c(N)c2c1C. The second-order valence-corrected chi connectivity index (χ2v) is 7.50. The zero-order valence-corrected chi connectivity index (χ0v) is 14.2. The second kappa shape index (κ2) is 5.26. The summed E-state index contributed by atoms with van der Waals surface area (Å²) >= 11 is 1.30. The molecule has 0 spiro atoms. The Labute approximate surface area is 128 Å². The summed E-state index contributed by atoms with van der Waals surface area (Å²) in [5.74, 6) is -0.144. The van der Waals surface area contributed by atoms with Crippen LogP contribution < -0.4 is 11.1 Å². The molecule has 2 rings (SSSR count). The Hall–Kier alpha value is -1.69. The van der Waals surface area contributed by atoms with E-state index in [0.29, 0.717) is 15.4 Å². The number of fused-ring (bicyclic) bond motifs is 1. The molecule has 5 nitrogen and oxygen atoms in total. The summed E-state index contributed by atoms with van der Waals surface area (Å²) in [5, 5.41) is 12.1. The van der Waals surface area contributed by atoms with E-state index in [9.17, 15) is 4.79 Å². The number of amides is 1. The minimum absolute atomic E-state index is 0.00653. The number of nitrogens with zero attached hydrogens (tertiary/aromatic N) is 2. The van der Waals surface area contributed by atoms with Gasteiger partial charge in [0.15, 0.2) is 0 Å². The lowest BCUT2D eigenvalue weighted by molar-refractivity contribution is 0.0915. The van der Waals surface area contributed by atoms with E-state index < -0.39 is 0 Å². The van der Waals surface area contributed by atoms with Crippen molar-refractivity contribution < 1.29 is 4.79 Å². The molecule has 0 aliphatic heterocycles. The number of aryl methyl sites for hydroxylation is 2. The van der Waals surface area contributed by atoms with Crippen LogP contribution in [-0.2, 0) is 0 Å². The first-order chi connectivity index (χ1) is 9.62. The average molecular weight is 306 g/mol. The summed E-state index contributed by atoms with van der Waals surface area (Å²) in [6.45, 7) is 12.1. The summed E-state index contributed by atoms with van der Waals surface area (Å²) in [4.78, 5) is 13.7. The van der Waals surface area contributed by atoms with Gasteiger partial charge in [0.05, 0.1) is 11.4 Å². The van der Waals surface area contributed by atoms with Gasteiger partial charge in [-0.2, -0.15) is 5.10 Å². The number of carbonyl (C=O) groups excluding carboxylic acids is 1. The zero-order valence-electron chi connectivity index (χ0n) is 13.4. The molecule has 114 valence electrons. The lowest BCUT2D eigenvalue weighted by atomic mass is 9.88. The molecule has 0 saturated heterocycles. The van der Waals surface area contributed by atoms with Gasteiger partial charge in [-0.1, -0.05) is 20.8 Å². The topological polar surface area (TPSA) is 80.9 Å². The monoisotopic (exact) mass is 306 g/mol. The lowest BCUT2D eigenvalue weighted by Crippen LogP contribution is -2.41. The standard InChI is InChI=1S/C15H22N4OS/c1-7-8(2)18-19-14-10(7)11(16)12(21-14)13(20)17-9(3)15(4,5)6/h9H,16H2,1-6H3,(H,17,20). The van der Waals surface area contributed by atoms with Crippen LogP contribution in [0.2, 0.25) is 0 Å². The molecule has 0 aliphatic rings. The summed E-state index contributed by atoms with van der Waals surface area (Å²) in [7, 11) is 0. The van der Waals surface area contributed by atoms with Crippen molar-refractivity contribution in [1.82, 2.24) is 15.5 Å². The molecule has 0 fully saturated rings. The maximum atomic E-state index is 12.5. The number of thiophene rings is 1. The van der Waals surface area contributed by atoms with Crippen molar-refractivity contribution >= 4 is 33.1 Å². The number of hydrogen-bond acceptors (Lipinski definition) is 5. The Bertz CT molecular complexity index is 700. The van der Waals surface area contributed by atoms with Crippen molar-refractivity contribution in [3.05, 3.63) is 16.1 Å². The van der Waals surface area contributed by atoms with Gasteiger partial charge < -0.3 is 11.1 Å². The number of nitrogens with two attached hydrogens (primary N) is 1. The van der Waals surface area contributed by atoms with Gasteiger partial charge in [0.2, 0.25) is 0 Å². The third-order valence-corrected chi connectivity index (χ3v) is 5.08. The second-order valence-electron chi connectivity index (χ2n) is 6.50. The summed E-state index contributed by atoms with van der Waals surface area (Å²) in [6, 6.07) is 0.0449. The van der Waals surface area contributed by atoms with E-state index in [1.54, 1.807) is 0 Å². The highest BCUT2D eigenvalue weighted by Crippen LogP contribution is 2.35. The van der Waals surface area contributed by atoms with E-state index >= 15 is 0 Å². The van der Waals surface area contributed by atoms with Crippen molar-refractivity contribution in [2.75, 3.05) is 5.73 Å². The van der Waals surface area contributed by atoms with Gasteiger partial charge in [-0.3, -0.25) is 4.79 Å². The van der Waals surface area contributed by atoms with Gasteiger partial charge in [-0.25, -0.2) is 0 Å². The van der Waals surface area contributed by atoms with E-state index in [2.05, 4.69) is 36.3 Å². The van der Waals surface area contributed by atoms with Crippen LogP contribution in [0.4, 0.5) is 5.69 Å². The molecule has 0 aliphatic carbocycles. The summed E-state index contributed by atoms with van der Waals surface area (Å²) in [5.41, 5.74) is 8.49. The molecule has 0 saturated carbocycles. The summed E-state index contributed by atoms with van der Waals surface area (Å²) < 4.78 is 0. The highest BCUT2D eigenvalue weighted by atomic mass is 32.1. The van der Waals surface area contributed by atoms with Crippen LogP contribution in [0.25, 0.3) is 10.2 Å². The predicted molar refractivity (Wildman–Crippen MR) is 87.7 cm³/mol. The van der Waals surface area contributed by atoms with Gasteiger partial charge in [-0.15, -0.1) is 16.4 Å². The molecule has 0 bridgehead atoms. The fourth-order valence-corrected chi connectivity index (χ4v) is 2.89. The Morgan fingerprint density at radius 3 is 2.48 bits per heavy atom. The highest BCUT2D eigenvalue weighted by molar-refractivity contribution is 7.21. The number of rotatable bonds is 2. The maximum absolute atomic E-state index is 12.5. The first kappa shape index (κ1) is 15.7. The molecule has 2 heterocycles. The third-order valence-electron chi connectivity index (χ3n) is 3.99. The third kappa shape index (κ3) is 2.85. The molecular formula is C15H22N4OS. The smallest absolute Gasteiger partial charge is 0.263 e. The fourth-order valence-electron chi connectivity index (χ4n) is 1.89. The van der Waals surface area contributed by atoms with E-state index in [1.807, 2.05) is 20.8 Å². The first-order valence-electron chi connectivity index (χ1n) is 6.95. The zero-order chi connectivity index (χ0) is 15.9. The van der Waals surface area contributed by atoms with Crippen molar-refractivity contribution in [1.29, 1.82) is 0 Å². The maximum Gasteiger partial charge on any atom is 0.263 e. The summed E-state index contributed by atoms with van der Waals surface area (Å²) in [6.07, 6.45) is 0. The quantitative estimate of drug-likeness (QED) is 0.893. The Morgan fingerprint density at radius 1 is 1.29 bits per heavy atom. The normalized spacial score (nSPS) is 13.4. The minimum Gasteiger partial charge on any atom is -0.397 e. The fraction of sp³-hybridized carbons (Fsp3) is 0.533. The molecule has 1 unspecified atom stereocenters. The van der Waals surface area contributed by atoms with Crippen LogP contribution in [0.5, 0.6) is 0 Å². The van der Waals surface area contributed by atoms with Crippen LogP contribution in [0, 0.1) is 19.3 Å². The molecule has 6 heteroatoms. The van der Waals surface area contributed by atoms with Gasteiger partial charge >= 0.3 is 0 Å². The Morgan fingerprint density at radius 2 is 1.90 bits per heavy atom. The van der Waals surface area contributed by atoms with Crippen LogP contribution in [0.1, 0.15) is 48.6 Å². The number of aromatic nitrogens is 2. The van der Waals surface area contributed by atoms with Crippen molar-refractivity contribution in [2.24, 2.45) is 5.41 Å². The number of anilines is 1. The Balaban J connectivity index is 2.42. The van der Waals surface area contributed by atoms with Crippen LogP contribution >= 0.6 is 11.3 Å². The van der Waals surface area contributed by atoms with E-state index in [1.165, 1.54) is 11.3 Å². The number of nitrogens with one attached hydrogen (secondary N) is 1. The van der Waals surface area contributed by atoms with Gasteiger partial charge in [0, 0.05) is 11.4 Å². The molecule has 3 N–H and O–H groups in total. The van der Waals surface area contributed by atoms with Gasteiger partial charge in [0.1, 0.15) is 9.71 Å². The van der Waals surface area contributed by atoms with E-state index in [-0.39, 0.29) is 17.4 Å². The van der Waals surface area contributed by atoms with Crippen LogP contribution in [0.3, 0.4) is 0 Å². The van der Waals surface area contributed by atoms with Crippen LogP contribution in [-0.4, -0.2) is 22.1 Å². The highest BCUT2D eigenvalue weighted by Gasteiger charge is 2.25. The number of hydrogen-bond donors (Lipinski definition) is 2.